The molecule has 9 aromatic rings. The molecule has 0 bridgehead atoms. The molecule has 0 aliphatic heterocycles. The van der Waals surface area contributed by atoms with Crippen molar-refractivity contribution >= 4 is 32.7 Å². The molecule has 8 aromatic carbocycles. The summed E-state index contributed by atoms with van der Waals surface area (Å²) in [6.45, 7) is 0. The van der Waals surface area contributed by atoms with E-state index in [9.17, 15) is 0 Å². The van der Waals surface area contributed by atoms with Gasteiger partial charge in [-0.15, -0.1) is 0 Å². The number of benzene rings is 8. The highest BCUT2D eigenvalue weighted by Gasteiger charge is 2.33. The van der Waals surface area contributed by atoms with E-state index in [1.165, 1.54) is 66.4 Å². The monoisotopic (exact) mass is 610 g/mol. The maximum absolute atomic E-state index is 6.93. The highest BCUT2D eigenvalue weighted by Crippen LogP contribution is 2.53. The van der Waals surface area contributed by atoms with Crippen LogP contribution >= 0.6 is 0 Å². The van der Waals surface area contributed by atoms with Crippen LogP contribution in [0.3, 0.4) is 0 Å². The molecule has 0 saturated heterocycles. The van der Waals surface area contributed by atoms with E-state index in [4.69, 9.17) is 4.42 Å². The number of furan rings is 1. The van der Waals surface area contributed by atoms with Gasteiger partial charge >= 0.3 is 0 Å². The smallest absolute Gasteiger partial charge is 0.139 e. The molecular weight excluding hydrogens is 581 g/mol. The van der Waals surface area contributed by atoms with Gasteiger partial charge in [0.1, 0.15) is 11.2 Å². The third kappa shape index (κ3) is 4.11. The number of para-hydroxylation sites is 1. The third-order valence-corrected chi connectivity index (χ3v) is 10.2. The lowest BCUT2D eigenvalue weighted by molar-refractivity contribution is 0.662. The lowest BCUT2D eigenvalue weighted by Gasteiger charge is -2.15. The van der Waals surface area contributed by atoms with Crippen LogP contribution in [0.1, 0.15) is 22.6 Å². The zero-order chi connectivity index (χ0) is 31.6. The number of hydrogen-bond acceptors (Lipinski definition) is 1. The maximum atomic E-state index is 6.93. The second-order valence-electron chi connectivity index (χ2n) is 12.8. The van der Waals surface area contributed by atoms with Crippen molar-refractivity contribution in [2.24, 2.45) is 0 Å². The summed E-state index contributed by atoms with van der Waals surface area (Å²) in [5.41, 5.74) is 15.7. The van der Waals surface area contributed by atoms with Gasteiger partial charge in [0.15, 0.2) is 0 Å². The minimum Gasteiger partial charge on any atom is -0.456 e. The highest BCUT2D eigenvalue weighted by molar-refractivity contribution is 6.09. The summed E-state index contributed by atoms with van der Waals surface area (Å²) in [5, 5.41) is 4.77. The third-order valence-electron chi connectivity index (χ3n) is 10.2. The summed E-state index contributed by atoms with van der Waals surface area (Å²) in [7, 11) is 0. The fraction of sp³-hybridized carbons (Fsp3) is 0.0213. The highest BCUT2D eigenvalue weighted by atomic mass is 16.3. The minimum atomic E-state index is 0.0788. The van der Waals surface area contributed by atoms with Crippen molar-refractivity contribution < 1.29 is 4.42 Å². The number of fused-ring (bicyclic) bond motifs is 7. The zero-order valence-corrected chi connectivity index (χ0v) is 26.2. The molecule has 0 amide bonds. The lowest BCUT2D eigenvalue weighted by Crippen LogP contribution is -1.99. The second kappa shape index (κ2) is 10.7. The van der Waals surface area contributed by atoms with Crippen LogP contribution in [0.5, 0.6) is 0 Å². The van der Waals surface area contributed by atoms with Crippen LogP contribution < -0.4 is 0 Å². The van der Waals surface area contributed by atoms with E-state index in [2.05, 4.69) is 176 Å². The van der Waals surface area contributed by atoms with Gasteiger partial charge < -0.3 is 4.42 Å². The van der Waals surface area contributed by atoms with Crippen LogP contribution in [-0.4, -0.2) is 0 Å². The van der Waals surface area contributed by atoms with E-state index in [1.54, 1.807) is 0 Å². The molecule has 0 N–H and O–H groups in total. The van der Waals surface area contributed by atoms with Crippen LogP contribution in [0.25, 0.3) is 77.2 Å². The van der Waals surface area contributed by atoms with Gasteiger partial charge in [-0.1, -0.05) is 152 Å². The zero-order valence-electron chi connectivity index (χ0n) is 26.2. The van der Waals surface area contributed by atoms with Gasteiger partial charge in [-0.2, -0.15) is 0 Å². The molecule has 224 valence electrons. The Labute approximate surface area is 279 Å². The molecule has 1 unspecified atom stereocenters. The quantitative estimate of drug-likeness (QED) is 0.193. The molecule has 0 saturated carbocycles. The lowest BCUT2D eigenvalue weighted by atomic mass is 9.87. The van der Waals surface area contributed by atoms with Crippen molar-refractivity contribution in [2.45, 2.75) is 5.92 Å². The van der Waals surface area contributed by atoms with E-state index in [1.807, 2.05) is 0 Å². The summed E-state index contributed by atoms with van der Waals surface area (Å²) in [6.07, 6.45) is 0. The molecule has 0 fully saturated rings. The first kappa shape index (κ1) is 27.0. The van der Waals surface area contributed by atoms with E-state index in [-0.39, 0.29) is 5.92 Å². The minimum absolute atomic E-state index is 0.0788. The predicted octanol–water partition coefficient (Wildman–Crippen LogP) is 12.9. The Morgan fingerprint density at radius 2 is 1.02 bits per heavy atom. The van der Waals surface area contributed by atoms with Gasteiger partial charge in [0.05, 0.1) is 0 Å². The predicted molar refractivity (Wildman–Crippen MR) is 200 cm³/mol. The van der Waals surface area contributed by atoms with Gasteiger partial charge in [0, 0.05) is 22.3 Å². The standard InChI is InChI=1S/C47H30O/c1-3-13-30(14-4-1)34-27-32-17-7-8-18-35(32)43(28-34)33-25-26-37-40-22-12-24-42(47(40)48-44(37)29-33)46-39-20-10-9-19-38(39)45-36(21-11-23-41(45)46)31-15-5-2-6-16-31/h1-29,46H. The van der Waals surface area contributed by atoms with E-state index in [0.717, 1.165) is 27.5 Å². The van der Waals surface area contributed by atoms with Gasteiger partial charge in [-0.05, 0) is 90.7 Å². The van der Waals surface area contributed by atoms with Crippen molar-refractivity contribution in [3.63, 3.8) is 0 Å². The fourth-order valence-corrected chi connectivity index (χ4v) is 8.01. The topological polar surface area (TPSA) is 13.1 Å². The van der Waals surface area contributed by atoms with E-state index < -0.39 is 0 Å². The molecule has 48 heavy (non-hydrogen) atoms. The number of hydrogen-bond donors (Lipinski definition) is 0. The van der Waals surface area contributed by atoms with Crippen LogP contribution in [0.4, 0.5) is 0 Å². The summed E-state index contributed by atoms with van der Waals surface area (Å²) in [5.74, 6) is 0.0788. The van der Waals surface area contributed by atoms with Crippen molar-refractivity contribution in [2.75, 3.05) is 0 Å². The normalized spacial score (nSPS) is 13.6. The second-order valence-corrected chi connectivity index (χ2v) is 12.8. The van der Waals surface area contributed by atoms with Gasteiger partial charge in [-0.3, -0.25) is 0 Å². The average Bonchev–Trinajstić information content (AvgIpc) is 3.71. The Bertz CT molecular complexity index is 2660. The first-order valence-electron chi connectivity index (χ1n) is 16.6. The molecule has 1 aliphatic rings. The SMILES string of the molecule is c1ccc(-c2cc(-c3ccc4c(c3)oc3c(C5c6ccccc6-c6c(-c7ccccc7)cccc65)cccc34)c3ccccc3c2)cc1. The Hall–Kier alpha value is -6.18. The average molecular weight is 611 g/mol. The number of rotatable bonds is 4. The van der Waals surface area contributed by atoms with Crippen LogP contribution in [0, 0.1) is 0 Å². The molecule has 10 rings (SSSR count). The summed E-state index contributed by atoms with van der Waals surface area (Å²) in [4.78, 5) is 0. The maximum Gasteiger partial charge on any atom is 0.139 e. The van der Waals surface area contributed by atoms with Crippen molar-refractivity contribution in [3.8, 4) is 44.5 Å². The molecular formula is C47H30O. The van der Waals surface area contributed by atoms with Crippen molar-refractivity contribution in [1.29, 1.82) is 0 Å². The summed E-state index contributed by atoms with van der Waals surface area (Å²) in [6, 6.07) is 63.7. The van der Waals surface area contributed by atoms with Crippen molar-refractivity contribution in [3.05, 3.63) is 193 Å². The summed E-state index contributed by atoms with van der Waals surface area (Å²) < 4.78 is 6.93. The molecule has 0 radical (unpaired) electrons. The van der Waals surface area contributed by atoms with Gasteiger partial charge in [-0.25, -0.2) is 0 Å². The van der Waals surface area contributed by atoms with Crippen molar-refractivity contribution in [1.82, 2.24) is 0 Å². The molecule has 0 spiro atoms. The fourth-order valence-electron chi connectivity index (χ4n) is 8.01. The largest absolute Gasteiger partial charge is 0.456 e. The van der Waals surface area contributed by atoms with E-state index in [0.29, 0.717) is 0 Å². The molecule has 1 aliphatic carbocycles. The molecule has 1 heteroatoms. The molecule has 1 heterocycles. The van der Waals surface area contributed by atoms with Crippen LogP contribution in [-0.2, 0) is 0 Å². The van der Waals surface area contributed by atoms with Gasteiger partial charge in [0.2, 0.25) is 0 Å². The Morgan fingerprint density at radius 3 is 1.90 bits per heavy atom. The van der Waals surface area contributed by atoms with E-state index >= 15 is 0 Å². The Kier molecular flexibility index (Phi) is 6.01. The Morgan fingerprint density at radius 1 is 0.354 bits per heavy atom. The first-order valence-corrected chi connectivity index (χ1v) is 16.6. The molecule has 1 aromatic heterocycles. The van der Waals surface area contributed by atoms with Crippen LogP contribution in [0.2, 0.25) is 0 Å². The molecule has 1 nitrogen and oxygen atoms in total. The van der Waals surface area contributed by atoms with Crippen LogP contribution in [0.15, 0.2) is 180 Å². The van der Waals surface area contributed by atoms with Gasteiger partial charge in [0.25, 0.3) is 0 Å². The summed E-state index contributed by atoms with van der Waals surface area (Å²) >= 11 is 0. The Balaban J connectivity index is 1.16. The molecule has 1 atom stereocenters. The first-order chi connectivity index (χ1) is 23.8.